The molecule has 0 amide bonds. The first-order valence-electron chi connectivity index (χ1n) is 20.1. The average Bonchev–Trinajstić information content (AvgIpc) is 3.74. The third-order valence-corrected chi connectivity index (χ3v) is 10.8. The summed E-state index contributed by atoms with van der Waals surface area (Å²) in [5, 5.41) is 2.01. The van der Waals surface area contributed by atoms with E-state index in [1.54, 1.807) is 0 Å². The second-order valence-electron chi connectivity index (χ2n) is 14.6. The quantitative estimate of drug-likeness (QED) is 0.152. The molecule has 7 heteroatoms. The highest BCUT2D eigenvalue weighted by Gasteiger charge is 2.22. The van der Waals surface area contributed by atoms with Gasteiger partial charge in [-0.1, -0.05) is 206 Å². The first kappa shape index (κ1) is 35.7. The van der Waals surface area contributed by atoms with Gasteiger partial charge in [-0.2, -0.15) is 0 Å². The molecule has 0 bridgehead atoms. The Morgan fingerprint density at radius 2 is 0.475 bits per heavy atom. The van der Waals surface area contributed by atoms with Gasteiger partial charge < -0.3 is 4.42 Å². The molecule has 8 aromatic carbocycles. The van der Waals surface area contributed by atoms with Crippen molar-refractivity contribution in [2.75, 3.05) is 0 Å². The standard InChI is InChI=1S/C54H34N6O/c1-5-19-35(20-6-1)49-55-50(36-21-7-2-8-22-36)58-53(57-49)45-29-15-13-27-39(45)41-31-17-33-43-44-34-18-32-42(48(44)61-47(41)43)40-28-14-16-30-46(40)54-59-51(37-23-9-3-10-24-37)56-52(60-54)38-25-11-4-12-26-38/h1-34H. The Kier molecular flexibility index (Phi) is 9.02. The van der Waals surface area contributed by atoms with E-state index in [0.29, 0.717) is 34.9 Å². The van der Waals surface area contributed by atoms with Gasteiger partial charge in [0.15, 0.2) is 34.9 Å². The van der Waals surface area contributed by atoms with Gasteiger partial charge in [0.05, 0.1) is 0 Å². The van der Waals surface area contributed by atoms with Crippen LogP contribution in [0.15, 0.2) is 211 Å². The summed E-state index contributed by atoms with van der Waals surface area (Å²) in [7, 11) is 0. The van der Waals surface area contributed by atoms with Crippen molar-refractivity contribution in [3.63, 3.8) is 0 Å². The number of hydrogen-bond acceptors (Lipinski definition) is 7. The highest BCUT2D eigenvalue weighted by atomic mass is 16.3. The van der Waals surface area contributed by atoms with Crippen LogP contribution in [-0.2, 0) is 0 Å². The van der Waals surface area contributed by atoms with Crippen molar-refractivity contribution in [2.45, 2.75) is 0 Å². The first-order valence-corrected chi connectivity index (χ1v) is 20.1. The maximum Gasteiger partial charge on any atom is 0.164 e. The van der Waals surface area contributed by atoms with Crippen LogP contribution in [0.1, 0.15) is 0 Å². The molecule has 0 fully saturated rings. The Morgan fingerprint density at radius 3 is 0.803 bits per heavy atom. The van der Waals surface area contributed by atoms with Gasteiger partial charge in [0.25, 0.3) is 0 Å². The minimum Gasteiger partial charge on any atom is -0.455 e. The SMILES string of the molecule is c1ccc(-c2nc(-c3ccccc3)nc(-c3ccccc3-c3cccc4c3oc3c(-c5ccccc5-c5nc(-c6ccccc6)nc(-c6ccccc6)n5)cccc34)n2)cc1. The minimum atomic E-state index is 0.577. The summed E-state index contributed by atoms with van der Waals surface area (Å²) in [6.45, 7) is 0. The second kappa shape index (κ2) is 15.4. The first-order chi connectivity index (χ1) is 30.2. The number of furan rings is 1. The van der Waals surface area contributed by atoms with Crippen LogP contribution in [0.5, 0.6) is 0 Å². The van der Waals surface area contributed by atoms with Crippen LogP contribution < -0.4 is 0 Å². The van der Waals surface area contributed by atoms with Crippen molar-refractivity contribution in [3.8, 4) is 90.6 Å². The highest BCUT2D eigenvalue weighted by molar-refractivity contribution is 6.14. The van der Waals surface area contributed by atoms with Gasteiger partial charge in [-0.15, -0.1) is 0 Å². The number of para-hydroxylation sites is 2. The maximum atomic E-state index is 7.07. The van der Waals surface area contributed by atoms with E-state index >= 15 is 0 Å². The third kappa shape index (κ3) is 6.70. The maximum absolute atomic E-state index is 7.07. The Labute approximate surface area is 351 Å². The van der Waals surface area contributed by atoms with Gasteiger partial charge >= 0.3 is 0 Å². The summed E-state index contributed by atoms with van der Waals surface area (Å²) in [6, 6.07) is 69.3. The van der Waals surface area contributed by atoms with Gasteiger partial charge in [0.1, 0.15) is 11.2 Å². The molecule has 0 aliphatic carbocycles. The number of aromatic nitrogens is 6. The molecule has 0 unspecified atom stereocenters. The summed E-state index contributed by atoms with van der Waals surface area (Å²) in [5.41, 5.74) is 10.7. The fourth-order valence-electron chi connectivity index (χ4n) is 7.93. The molecule has 11 aromatic rings. The Morgan fingerprint density at radius 1 is 0.213 bits per heavy atom. The monoisotopic (exact) mass is 782 g/mol. The van der Waals surface area contributed by atoms with Gasteiger partial charge in [-0.25, -0.2) is 29.9 Å². The zero-order valence-electron chi connectivity index (χ0n) is 32.7. The van der Waals surface area contributed by atoms with Crippen LogP contribution in [0.25, 0.3) is 113 Å². The Balaban J connectivity index is 1.08. The smallest absolute Gasteiger partial charge is 0.164 e. The molecule has 0 N–H and O–H groups in total. The molecule has 3 aromatic heterocycles. The zero-order valence-corrected chi connectivity index (χ0v) is 32.7. The van der Waals surface area contributed by atoms with Crippen LogP contribution >= 0.6 is 0 Å². The summed E-state index contributed by atoms with van der Waals surface area (Å²) in [6.07, 6.45) is 0. The highest BCUT2D eigenvalue weighted by Crippen LogP contribution is 2.44. The van der Waals surface area contributed by atoms with Crippen molar-refractivity contribution in [2.24, 2.45) is 0 Å². The van der Waals surface area contributed by atoms with Crippen molar-refractivity contribution in [1.29, 1.82) is 0 Å². The van der Waals surface area contributed by atoms with E-state index in [-0.39, 0.29) is 0 Å². The lowest BCUT2D eigenvalue weighted by atomic mass is 9.95. The Bertz CT molecular complexity index is 3010. The number of fused-ring (bicyclic) bond motifs is 3. The molecular formula is C54H34N6O. The van der Waals surface area contributed by atoms with Crippen molar-refractivity contribution < 1.29 is 4.42 Å². The van der Waals surface area contributed by atoms with Crippen LogP contribution in [0.2, 0.25) is 0 Å². The van der Waals surface area contributed by atoms with E-state index in [0.717, 1.165) is 77.6 Å². The summed E-state index contributed by atoms with van der Waals surface area (Å²) >= 11 is 0. The van der Waals surface area contributed by atoms with Crippen LogP contribution in [0.3, 0.4) is 0 Å². The molecular weight excluding hydrogens is 749 g/mol. The topological polar surface area (TPSA) is 90.5 Å². The predicted molar refractivity (Wildman–Crippen MR) is 244 cm³/mol. The molecule has 0 aliphatic rings. The van der Waals surface area contributed by atoms with E-state index in [1.807, 2.05) is 146 Å². The van der Waals surface area contributed by atoms with Crippen molar-refractivity contribution in [3.05, 3.63) is 206 Å². The zero-order chi connectivity index (χ0) is 40.5. The second-order valence-corrected chi connectivity index (χ2v) is 14.6. The van der Waals surface area contributed by atoms with E-state index in [2.05, 4.69) is 60.7 Å². The molecule has 0 radical (unpaired) electrons. The van der Waals surface area contributed by atoms with Gasteiger partial charge in [0, 0.05) is 55.3 Å². The van der Waals surface area contributed by atoms with Crippen LogP contribution in [-0.4, -0.2) is 29.9 Å². The molecule has 61 heavy (non-hydrogen) atoms. The minimum absolute atomic E-state index is 0.577. The summed E-state index contributed by atoms with van der Waals surface area (Å²) < 4.78 is 7.07. The van der Waals surface area contributed by atoms with Crippen LogP contribution in [0, 0.1) is 0 Å². The molecule has 0 saturated carbocycles. The molecule has 11 rings (SSSR count). The summed E-state index contributed by atoms with van der Waals surface area (Å²) in [4.78, 5) is 30.2. The molecule has 286 valence electrons. The molecule has 0 aliphatic heterocycles. The molecule has 3 heterocycles. The van der Waals surface area contributed by atoms with Gasteiger partial charge in [-0.05, 0) is 11.1 Å². The fourth-order valence-corrected chi connectivity index (χ4v) is 7.93. The average molecular weight is 783 g/mol. The van der Waals surface area contributed by atoms with E-state index < -0.39 is 0 Å². The fraction of sp³-hybridized carbons (Fsp3) is 0. The largest absolute Gasteiger partial charge is 0.455 e. The number of benzene rings is 8. The molecule has 0 atom stereocenters. The molecule has 0 saturated heterocycles. The number of nitrogens with zero attached hydrogens (tertiary/aromatic N) is 6. The van der Waals surface area contributed by atoms with E-state index in [9.17, 15) is 0 Å². The predicted octanol–water partition coefficient (Wildman–Crippen LogP) is 13.3. The number of hydrogen-bond donors (Lipinski definition) is 0. The van der Waals surface area contributed by atoms with E-state index in [1.165, 1.54) is 0 Å². The molecule has 7 nitrogen and oxygen atoms in total. The lowest BCUT2D eigenvalue weighted by Crippen LogP contribution is -2.01. The number of rotatable bonds is 8. The molecule has 0 spiro atoms. The lowest BCUT2D eigenvalue weighted by molar-refractivity contribution is 0.671. The lowest BCUT2D eigenvalue weighted by Gasteiger charge is -2.12. The Hall–Kier alpha value is -8.42. The third-order valence-electron chi connectivity index (χ3n) is 10.8. The van der Waals surface area contributed by atoms with Gasteiger partial charge in [-0.3, -0.25) is 0 Å². The normalized spacial score (nSPS) is 11.3. The van der Waals surface area contributed by atoms with Gasteiger partial charge in [0.2, 0.25) is 0 Å². The van der Waals surface area contributed by atoms with E-state index in [4.69, 9.17) is 34.3 Å². The van der Waals surface area contributed by atoms with Crippen molar-refractivity contribution in [1.82, 2.24) is 29.9 Å². The van der Waals surface area contributed by atoms with Crippen molar-refractivity contribution >= 4 is 21.9 Å². The summed E-state index contributed by atoms with van der Waals surface area (Å²) in [5.74, 6) is 3.58. The van der Waals surface area contributed by atoms with Crippen LogP contribution in [0.4, 0.5) is 0 Å².